The lowest BCUT2D eigenvalue weighted by molar-refractivity contribution is 0.0925. The van der Waals surface area contributed by atoms with Gasteiger partial charge in [-0.05, 0) is 79.8 Å². The van der Waals surface area contributed by atoms with Crippen molar-refractivity contribution in [2.75, 3.05) is 5.73 Å². The van der Waals surface area contributed by atoms with Crippen molar-refractivity contribution in [2.45, 2.75) is 44.4 Å². The van der Waals surface area contributed by atoms with Crippen molar-refractivity contribution in [2.24, 2.45) is 11.5 Å². The fourth-order valence-electron chi connectivity index (χ4n) is 4.07. The second-order valence-electron chi connectivity index (χ2n) is 8.85. The molecule has 0 unspecified atom stereocenters. The van der Waals surface area contributed by atoms with Crippen LogP contribution < -0.4 is 32.0 Å². The van der Waals surface area contributed by atoms with Crippen LogP contribution >= 0.6 is 0 Å². The van der Waals surface area contributed by atoms with Gasteiger partial charge in [0.2, 0.25) is 0 Å². The smallest absolute Gasteiger partial charge is 0.251 e. The highest BCUT2D eigenvalue weighted by Crippen LogP contribution is 2.29. The second-order valence-corrected chi connectivity index (χ2v) is 8.85. The van der Waals surface area contributed by atoms with Gasteiger partial charge in [0.1, 0.15) is 29.7 Å². The number of amides is 1. The van der Waals surface area contributed by atoms with Crippen LogP contribution in [0.15, 0.2) is 66.7 Å². The first-order chi connectivity index (χ1) is 16.9. The van der Waals surface area contributed by atoms with Gasteiger partial charge < -0.3 is 32.0 Å². The molecule has 1 saturated carbocycles. The molecule has 1 fully saturated rings. The Balaban J connectivity index is 1.54. The Morgan fingerprint density at radius 1 is 0.914 bits per heavy atom. The molecular weight excluding hydrogens is 442 g/mol. The lowest BCUT2D eigenvalue weighted by atomic mass is 9.91. The van der Waals surface area contributed by atoms with E-state index >= 15 is 0 Å². The molecule has 8 nitrogen and oxygen atoms in total. The minimum absolute atomic E-state index is 0.0175. The SMILES string of the molecule is N=C(N)c1ccc(Oc2cc(OCc3cccc(N)c3)cc(C(=O)NC3CCC(N)CC3)c2)cc1. The fourth-order valence-corrected chi connectivity index (χ4v) is 4.07. The minimum atomic E-state index is -0.184. The van der Waals surface area contributed by atoms with Crippen LogP contribution in [0.4, 0.5) is 5.69 Å². The standard InChI is InChI=1S/C27H31N5O3/c28-20-6-8-22(9-7-20)32-27(33)19-13-24(34-16-17-2-1-3-21(29)12-17)15-25(14-19)35-23-10-4-18(5-11-23)26(30)31/h1-5,10-15,20,22H,6-9,16,28-29H2,(H3,30,31)(H,32,33). The number of ether oxygens (including phenoxy) is 2. The van der Waals surface area contributed by atoms with Gasteiger partial charge in [0.05, 0.1) is 0 Å². The molecule has 35 heavy (non-hydrogen) atoms. The van der Waals surface area contributed by atoms with Gasteiger partial charge in [-0.25, -0.2) is 0 Å². The molecule has 1 aliphatic rings. The van der Waals surface area contributed by atoms with Crippen molar-refractivity contribution in [1.82, 2.24) is 5.32 Å². The third-order valence-electron chi connectivity index (χ3n) is 6.01. The van der Waals surface area contributed by atoms with E-state index in [1.807, 2.05) is 24.3 Å². The van der Waals surface area contributed by atoms with E-state index in [1.54, 1.807) is 42.5 Å². The highest BCUT2D eigenvalue weighted by Gasteiger charge is 2.21. The van der Waals surface area contributed by atoms with E-state index in [4.69, 9.17) is 32.1 Å². The van der Waals surface area contributed by atoms with E-state index < -0.39 is 0 Å². The van der Waals surface area contributed by atoms with Gasteiger partial charge >= 0.3 is 0 Å². The lowest BCUT2D eigenvalue weighted by Crippen LogP contribution is -2.40. The van der Waals surface area contributed by atoms with Crippen LogP contribution in [-0.2, 0) is 6.61 Å². The number of hydrogen-bond acceptors (Lipinski definition) is 6. The molecule has 8 N–H and O–H groups in total. The van der Waals surface area contributed by atoms with Crippen molar-refractivity contribution in [3.8, 4) is 17.2 Å². The minimum Gasteiger partial charge on any atom is -0.489 e. The molecule has 0 saturated heterocycles. The van der Waals surface area contributed by atoms with Crippen LogP contribution in [-0.4, -0.2) is 23.8 Å². The summed E-state index contributed by atoms with van der Waals surface area (Å²) in [6.07, 6.45) is 3.53. The third kappa shape index (κ3) is 6.74. The van der Waals surface area contributed by atoms with Crippen LogP contribution in [0, 0.1) is 5.41 Å². The van der Waals surface area contributed by atoms with Gasteiger partial charge in [-0.2, -0.15) is 0 Å². The molecule has 0 aromatic heterocycles. The predicted octanol–water partition coefficient (Wildman–Crippen LogP) is 3.92. The predicted molar refractivity (Wildman–Crippen MR) is 137 cm³/mol. The van der Waals surface area contributed by atoms with Crippen molar-refractivity contribution >= 4 is 17.4 Å². The summed E-state index contributed by atoms with van der Waals surface area (Å²) in [4.78, 5) is 13.1. The summed E-state index contributed by atoms with van der Waals surface area (Å²) in [6, 6.07) is 19.8. The van der Waals surface area contributed by atoms with Crippen molar-refractivity contribution < 1.29 is 14.3 Å². The molecule has 182 valence electrons. The molecule has 3 aromatic carbocycles. The number of carbonyl (C=O) groups excluding carboxylic acids is 1. The number of hydrogen-bond donors (Lipinski definition) is 5. The third-order valence-corrected chi connectivity index (χ3v) is 6.01. The lowest BCUT2D eigenvalue weighted by Gasteiger charge is -2.26. The van der Waals surface area contributed by atoms with Gasteiger partial charge in [-0.1, -0.05) is 12.1 Å². The highest BCUT2D eigenvalue weighted by molar-refractivity contribution is 5.95. The number of amidine groups is 1. The Labute approximate surface area is 204 Å². The average Bonchev–Trinajstić information content (AvgIpc) is 2.84. The Morgan fingerprint density at radius 2 is 1.63 bits per heavy atom. The summed E-state index contributed by atoms with van der Waals surface area (Å²) >= 11 is 0. The van der Waals surface area contributed by atoms with Crippen LogP contribution in [0.25, 0.3) is 0 Å². The Hall–Kier alpha value is -4.04. The number of nitrogen functional groups attached to an aromatic ring is 2. The maximum absolute atomic E-state index is 13.1. The maximum atomic E-state index is 13.1. The van der Waals surface area contributed by atoms with Crippen LogP contribution in [0.2, 0.25) is 0 Å². The Bertz CT molecular complexity index is 1190. The molecule has 0 aliphatic heterocycles. The van der Waals surface area contributed by atoms with Crippen LogP contribution in [0.3, 0.4) is 0 Å². The van der Waals surface area contributed by atoms with Gasteiger partial charge in [0.25, 0.3) is 5.91 Å². The molecule has 0 radical (unpaired) electrons. The molecule has 8 heteroatoms. The first kappa shape index (κ1) is 24.1. The zero-order valence-electron chi connectivity index (χ0n) is 19.5. The van der Waals surface area contributed by atoms with Gasteiger partial charge in [-0.15, -0.1) is 0 Å². The molecule has 4 rings (SSSR count). The summed E-state index contributed by atoms with van der Waals surface area (Å²) in [5, 5.41) is 10.7. The van der Waals surface area contributed by atoms with Crippen molar-refractivity contribution in [3.05, 3.63) is 83.4 Å². The van der Waals surface area contributed by atoms with Crippen molar-refractivity contribution in [1.29, 1.82) is 5.41 Å². The summed E-state index contributed by atoms with van der Waals surface area (Å²) in [5.41, 5.74) is 20.0. The first-order valence-electron chi connectivity index (χ1n) is 11.7. The number of benzene rings is 3. The Kier molecular flexibility index (Phi) is 7.52. The van der Waals surface area contributed by atoms with E-state index in [0.29, 0.717) is 40.7 Å². The quantitative estimate of drug-likeness (QED) is 0.190. The molecule has 0 bridgehead atoms. The molecule has 3 aromatic rings. The van der Waals surface area contributed by atoms with E-state index in [0.717, 1.165) is 31.2 Å². The topological polar surface area (TPSA) is 149 Å². The van der Waals surface area contributed by atoms with E-state index in [1.165, 1.54) is 0 Å². The molecule has 1 amide bonds. The van der Waals surface area contributed by atoms with Crippen LogP contribution in [0.5, 0.6) is 17.2 Å². The zero-order chi connectivity index (χ0) is 24.8. The first-order valence-corrected chi connectivity index (χ1v) is 11.7. The largest absolute Gasteiger partial charge is 0.489 e. The molecule has 1 aliphatic carbocycles. The molecular formula is C27H31N5O3. The average molecular weight is 474 g/mol. The van der Waals surface area contributed by atoms with Gasteiger partial charge in [-0.3, -0.25) is 10.2 Å². The van der Waals surface area contributed by atoms with Crippen LogP contribution in [0.1, 0.15) is 47.2 Å². The normalized spacial score (nSPS) is 17.4. The number of nitrogens with two attached hydrogens (primary N) is 3. The van der Waals surface area contributed by atoms with Gasteiger partial charge in [0, 0.05) is 35.0 Å². The number of carbonyl (C=O) groups is 1. The molecule has 0 heterocycles. The summed E-state index contributed by atoms with van der Waals surface area (Å²) in [7, 11) is 0. The van der Waals surface area contributed by atoms with E-state index in [2.05, 4.69) is 5.32 Å². The maximum Gasteiger partial charge on any atom is 0.251 e. The second kappa shape index (κ2) is 10.9. The molecule has 0 spiro atoms. The number of rotatable bonds is 8. The summed E-state index contributed by atoms with van der Waals surface area (Å²) in [6.45, 7) is 0.295. The summed E-state index contributed by atoms with van der Waals surface area (Å²) in [5.74, 6) is 1.31. The van der Waals surface area contributed by atoms with Gasteiger partial charge in [0.15, 0.2) is 0 Å². The highest BCUT2D eigenvalue weighted by atomic mass is 16.5. The summed E-state index contributed by atoms with van der Waals surface area (Å²) < 4.78 is 12.0. The van der Waals surface area contributed by atoms with E-state index in [-0.39, 0.29) is 23.8 Å². The molecule has 0 atom stereocenters. The van der Waals surface area contributed by atoms with Crippen molar-refractivity contribution in [3.63, 3.8) is 0 Å². The zero-order valence-corrected chi connectivity index (χ0v) is 19.5. The Morgan fingerprint density at radius 3 is 2.31 bits per heavy atom. The number of nitrogens with one attached hydrogen (secondary N) is 2. The fraction of sp³-hybridized carbons (Fsp3) is 0.259. The monoisotopic (exact) mass is 473 g/mol. The number of anilines is 1. The van der Waals surface area contributed by atoms with E-state index in [9.17, 15) is 4.79 Å².